The third kappa shape index (κ3) is 3.79. The van der Waals surface area contributed by atoms with Crippen LogP contribution in [0.1, 0.15) is 15.9 Å². The van der Waals surface area contributed by atoms with Crippen molar-refractivity contribution in [1.82, 2.24) is 0 Å². The fraction of sp³-hybridized carbons (Fsp3) is 0.0500. The Hall–Kier alpha value is -3.14. The van der Waals surface area contributed by atoms with Crippen LogP contribution in [0, 0.1) is 5.82 Å². The molecular weight excluding hydrogens is 307 g/mol. The van der Waals surface area contributed by atoms with E-state index in [1.807, 2.05) is 18.2 Å². The lowest BCUT2D eigenvalue weighted by molar-refractivity contribution is 0.0466. The number of hydrogen-bond acceptors (Lipinski definition) is 3. The van der Waals surface area contributed by atoms with E-state index in [0.717, 1.165) is 0 Å². The molecule has 3 aromatic rings. The topological polar surface area (TPSA) is 35.5 Å². The Morgan fingerprint density at radius 2 is 1.50 bits per heavy atom. The molecule has 120 valence electrons. The van der Waals surface area contributed by atoms with E-state index in [1.54, 1.807) is 54.6 Å². The molecule has 0 fully saturated rings. The highest BCUT2D eigenvalue weighted by Gasteiger charge is 2.15. The molecule has 0 saturated heterocycles. The highest BCUT2D eigenvalue weighted by Crippen LogP contribution is 2.26. The molecule has 0 spiro atoms. The molecule has 0 aromatic heterocycles. The lowest BCUT2D eigenvalue weighted by Crippen LogP contribution is -2.07. The lowest BCUT2D eigenvalue weighted by atomic mass is 10.2. The van der Waals surface area contributed by atoms with Gasteiger partial charge in [-0.2, -0.15) is 0 Å². The fourth-order valence-electron chi connectivity index (χ4n) is 2.18. The summed E-state index contributed by atoms with van der Waals surface area (Å²) in [6.45, 7) is -0.134. The van der Waals surface area contributed by atoms with Crippen molar-refractivity contribution in [2.75, 3.05) is 0 Å². The molecule has 3 aromatic carbocycles. The van der Waals surface area contributed by atoms with Crippen LogP contribution in [0.4, 0.5) is 4.39 Å². The van der Waals surface area contributed by atoms with Crippen molar-refractivity contribution in [3.8, 4) is 11.5 Å². The molecule has 0 heterocycles. The zero-order valence-corrected chi connectivity index (χ0v) is 12.8. The second kappa shape index (κ2) is 7.42. The Balaban J connectivity index is 1.74. The van der Waals surface area contributed by atoms with Gasteiger partial charge in [0.05, 0.1) is 0 Å². The standard InChI is InChI=1S/C20H15FO3/c21-18-12-6-4-8-15(18)14-23-20(22)17-11-5-7-13-19(17)24-16-9-2-1-3-10-16/h1-13H,14H2. The Morgan fingerprint density at radius 1 is 0.833 bits per heavy atom. The smallest absolute Gasteiger partial charge is 0.342 e. The van der Waals surface area contributed by atoms with Crippen LogP contribution >= 0.6 is 0 Å². The SMILES string of the molecule is O=C(OCc1ccccc1F)c1ccccc1Oc1ccccc1. The third-order valence-corrected chi connectivity index (χ3v) is 3.39. The Bertz CT molecular complexity index is 831. The summed E-state index contributed by atoms with van der Waals surface area (Å²) in [6.07, 6.45) is 0. The second-order valence-electron chi connectivity index (χ2n) is 5.08. The Labute approximate surface area is 139 Å². The van der Waals surface area contributed by atoms with E-state index in [-0.39, 0.29) is 12.2 Å². The molecule has 0 aliphatic rings. The number of halogens is 1. The van der Waals surface area contributed by atoms with Gasteiger partial charge in [-0.1, -0.05) is 48.5 Å². The highest BCUT2D eigenvalue weighted by molar-refractivity contribution is 5.92. The number of ether oxygens (including phenoxy) is 2. The number of carbonyl (C=O) groups excluding carboxylic acids is 1. The van der Waals surface area contributed by atoms with Crippen LogP contribution in [-0.2, 0) is 11.3 Å². The molecule has 0 N–H and O–H groups in total. The molecule has 0 amide bonds. The molecule has 0 saturated carbocycles. The minimum Gasteiger partial charge on any atom is -0.457 e. The van der Waals surface area contributed by atoms with E-state index in [0.29, 0.717) is 17.1 Å². The van der Waals surface area contributed by atoms with E-state index in [9.17, 15) is 9.18 Å². The van der Waals surface area contributed by atoms with E-state index >= 15 is 0 Å². The van der Waals surface area contributed by atoms with Gasteiger partial charge in [0.15, 0.2) is 0 Å². The van der Waals surface area contributed by atoms with E-state index in [4.69, 9.17) is 9.47 Å². The van der Waals surface area contributed by atoms with Crippen molar-refractivity contribution in [3.63, 3.8) is 0 Å². The van der Waals surface area contributed by atoms with Gasteiger partial charge >= 0.3 is 5.97 Å². The van der Waals surface area contributed by atoms with Crippen molar-refractivity contribution < 1.29 is 18.7 Å². The first kappa shape index (κ1) is 15.7. The van der Waals surface area contributed by atoms with Crippen molar-refractivity contribution in [3.05, 3.63) is 95.8 Å². The highest BCUT2D eigenvalue weighted by atomic mass is 19.1. The number of para-hydroxylation sites is 2. The van der Waals surface area contributed by atoms with Gasteiger partial charge in [-0.05, 0) is 30.3 Å². The van der Waals surface area contributed by atoms with E-state index in [1.165, 1.54) is 6.07 Å². The summed E-state index contributed by atoms with van der Waals surface area (Å²) in [4.78, 5) is 12.3. The van der Waals surface area contributed by atoms with Gasteiger partial charge < -0.3 is 9.47 Å². The first-order valence-corrected chi connectivity index (χ1v) is 7.46. The van der Waals surface area contributed by atoms with Crippen LogP contribution in [0.25, 0.3) is 0 Å². The molecule has 3 nitrogen and oxygen atoms in total. The van der Waals surface area contributed by atoms with Crippen LogP contribution in [-0.4, -0.2) is 5.97 Å². The second-order valence-corrected chi connectivity index (χ2v) is 5.08. The van der Waals surface area contributed by atoms with Gasteiger partial charge in [-0.15, -0.1) is 0 Å². The molecule has 0 radical (unpaired) electrons. The van der Waals surface area contributed by atoms with Crippen molar-refractivity contribution in [2.24, 2.45) is 0 Å². The predicted octanol–water partition coefficient (Wildman–Crippen LogP) is 4.98. The first-order valence-electron chi connectivity index (χ1n) is 7.46. The summed E-state index contributed by atoms with van der Waals surface area (Å²) >= 11 is 0. The number of carbonyl (C=O) groups is 1. The molecule has 0 unspecified atom stereocenters. The molecule has 24 heavy (non-hydrogen) atoms. The summed E-state index contributed by atoms with van der Waals surface area (Å²) in [6, 6.07) is 22.1. The number of hydrogen-bond donors (Lipinski definition) is 0. The molecular formula is C20H15FO3. The molecule has 4 heteroatoms. The van der Waals surface area contributed by atoms with Crippen LogP contribution < -0.4 is 4.74 Å². The average molecular weight is 322 g/mol. The van der Waals surface area contributed by atoms with Gasteiger partial charge in [0.1, 0.15) is 29.5 Å². The molecule has 3 rings (SSSR count). The van der Waals surface area contributed by atoms with Crippen LogP contribution in [0.5, 0.6) is 11.5 Å². The van der Waals surface area contributed by atoms with Crippen LogP contribution in [0.2, 0.25) is 0 Å². The maximum Gasteiger partial charge on any atom is 0.342 e. The maximum absolute atomic E-state index is 13.6. The predicted molar refractivity (Wildman–Crippen MR) is 88.5 cm³/mol. The van der Waals surface area contributed by atoms with E-state index in [2.05, 4.69) is 0 Å². The maximum atomic E-state index is 13.6. The average Bonchev–Trinajstić information content (AvgIpc) is 2.62. The zero-order valence-electron chi connectivity index (χ0n) is 12.8. The summed E-state index contributed by atoms with van der Waals surface area (Å²) in [5, 5.41) is 0. The van der Waals surface area contributed by atoms with E-state index < -0.39 is 11.8 Å². The molecule has 0 atom stereocenters. The monoisotopic (exact) mass is 322 g/mol. The lowest BCUT2D eigenvalue weighted by Gasteiger charge is -2.11. The number of esters is 1. The quantitative estimate of drug-likeness (QED) is 0.622. The largest absolute Gasteiger partial charge is 0.457 e. The number of benzene rings is 3. The summed E-state index contributed by atoms with van der Waals surface area (Å²) < 4.78 is 24.5. The summed E-state index contributed by atoms with van der Waals surface area (Å²) in [7, 11) is 0. The normalized spacial score (nSPS) is 10.2. The van der Waals surface area contributed by atoms with Crippen molar-refractivity contribution in [1.29, 1.82) is 0 Å². The van der Waals surface area contributed by atoms with Gasteiger partial charge in [-0.25, -0.2) is 9.18 Å². The Kier molecular flexibility index (Phi) is 4.87. The fourth-order valence-corrected chi connectivity index (χ4v) is 2.18. The van der Waals surface area contributed by atoms with Gasteiger partial charge in [0, 0.05) is 5.56 Å². The van der Waals surface area contributed by atoms with Gasteiger partial charge in [0.25, 0.3) is 0 Å². The summed E-state index contributed by atoms with van der Waals surface area (Å²) in [5.41, 5.74) is 0.616. The first-order chi connectivity index (χ1) is 11.7. The molecule has 0 aliphatic carbocycles. The van der Waals surface area contributed by atoms with Crippen molar-refractivity contribution in [2.45, 2.75) is 6.61 Å². The summed E-state index contributed by atoms with van der Waals surface area (Å²) in [5.74, 6) is 0.0398. The van der Waals surface area contributed by atoms with Crippen molar-refractivity contribution >= 4 is 5.97 Å². The Morgan fingerprint density at radius 3 is 2.29 bits per heavy atom. The van der Waals surface area contributed by atoms with Gasteiger partial charge in [-0.3, -0.25) is 0 Å². The number of rotatable bonds is 5. The van der Waals surface area contributed by atoms with Crippen LogP contribution in [0.15, 0.2) is 78.9 Å². The zero-order chi connectivity index (χ0) is 16.8. The minimum atomic E-state index is -0.565. The third-order valence-electron chi connectivity index (χ3n) is 3.39. The van der Waals surface area contributed by atoms with Gasteiger partial charge in [0.2, 0.25) is 0 Å². The minimum absolute atomic E-state index is 0.134. The molecule has 0 bridgehead atoms. The molecule has 0 aliphatic heterocycles. The van der Waals surface area contributed by atoms with Crippen LogP contribution in [0.3, 0.4) is 0 Å².